The maximum Gasteiger partial charge on any atom is 0.309 e. The lowest BCUT2D eigenvalue weighted by atomic mass is 9.89. The highest BCUT2D eigenvalue weighted by molar-refractivity contribution is 5.89. The number of aliphatic hydroxyl groups is 1. The highest BCUT2D eigenvalue weighted by Gasteiger charge is 2.43. The number of allylic oxidation sites excluding steroid dienone is 1. The fourth-order valence-corrected chi connectivity index (χ4v) is 3.19. The molecule has 100 valence electrons. The molecule has 2 rings (SSSR count). The zero-order valence-electron chi connectivity index (χ0n) is 10.5. The van der Waals surface area contributed by atoms with Gasteiger partial charge in [-0.2, -0.15) is 0 Å². The lowest BCUT2D eigenvalue weighted by Crippen LogP contribution is -2.27. The Labute approximate surface area is 107 Å². The normalized spacial score (nSPS) is 31.1. The van der Waals surface area contributed by atoms with Crippen LogP contribution >= 0.6 is 0 Å². The fourth-order valence-electron chi connectivity index (χ4n) is 3.19. The summed E-state index contributed by atoms with van der Waals surface area (Å²) in [5.74, 6) is 0.756. The summed E-state index contributed by atoms with van der Waals surface area (Å²) in [6.07, 6.45) is 4.67. The summed E-state index contributed by atoms with van der Waals surface area (Å²) in [6, 6.07) is 0. The molecule has 0 heterocycles. The van der Waals surface area contributed by atoms with Crippen LogP contribution in [0.25, 0.3) is 0 Å². The smallest absolute Gasteiger partial charge is 0.309 e. The molecule has 4 heteroatoms. The molecule has 0 aliphatic heterocycles. The second-order valence-electron chi connectivity index (χ2n) is 5.44. The highest BCUT2D eigenvalue weighted by Crippen LogP contribution is 2.48. The summed E-state index contributed by atoms with van der Waals surface area (Å²) in [5.41, 5.74) is 0. The van der Waals surface area contributed by atoms with Crippen molar-refractivity contribution in [2.45, 2.75) is 38.2 Å². The first-order valence-corrected chi connectivity index (χ1v) is 6.60. The standard InChI is InChI=1S/C14H20O4/c1-2-11(15)7-12(16)8-18-14(17)13-6-9-3-4-10(13)5-9/h2,9-10,12-13,16H,1,3-8H2. The van der Waals surface area contributed by atoms with E-state index in [2.05, 4.69) is 6.58 Å². The number of esters is 1. The number of carbonyl (C=O) groups excluding carboxylic acids is 2. The number of carbonyl (C=O) groups is 2. The topological polar surface area (TPSA) is 63.6 Å². The van der Waals surface area contributed by atoms with E-state index in [1.54, 1.807) is 0 Å². The second kappa shape index (κ2) is 5.65. The number of hydrogen-bond donors (Lipinski definition) is 1. The van der Waals surface area contributed by atoms with Crippen LogP contribution in [-0.2, 0) is 14.3 Å². The molecule has 4 nitrogen and oxygen atoms in total. The number of rotatable bonds is 6. The van der Waals surface area contributed by atoms with Crippen LogP contribution in [0.3, 0.4) is 0 Å². The second-order valence-corrected chi connectivity index (χ2v) is 5.44. The predicted octanol–water partition coefficient (Wildman–Crippen LogP) is 1.47. The summed E-state index contributed by atoms with van der Waals surface area (Å²) in [5, 5.41) is 9.53. The summed E-state index contributed by atoms with van der Waals surface area (Å²) in [7, 11) is 0. The van der Waals surface area contributed by atoms with Crippen LogP contribution in [0.5, 0.6) is 0 Å². The van der Waals surface area contributed by atoms with Crippen molar-refractivity contribution in [1.82, 2.24) is 0 Å². The van der Waals surface area contributed by atoms with Gasteiger partial charge in [-0.3, -0.25) is 9.59 Å². The van der Waals surface area contributed by atoms with E-state index >= 15 is 0 Å². The summed E-state index contributed by atoms with van der Waals surface area (Å²) < 4.78 is 5.11. The molecule has 0 amide bonds. The van der Waals surface area contributed by atoms with Crippen LogP contribution < -0.4 is 0 Å². The first kappa shape index (κ1) is 13.3. The first-order chi connectivity index (χ1) is 8.60. The van der Waals surface area contributed by atoms with Crippen molar-refractivity contribution in [3.8, 4) is 0 Å². The van der Waals surface area contributed by atoms with Crippen molar-refractivity contribution in [3.63, 3.8) is 0 Å². The molecule has 0 spiro atoms. The predicted molar refractivity (Wildman–Crippen MR) is 65.7 cm³/mol. The molecular formula is C14H20O4. The van der Waals surface area contributed by atoms with Crippen molar-refractivity contribution in [2.24, 2.45) is 17.8 Å². The molecule has 1 N–H and O–H groups in total. The molecule has 0 radical (unpaired) electrons. The van der Waals surface area contributed by atoms with Gasteiger partial charge < -0.3 is 9.84 Å². The first-order valence-electron chi connectivity index (χ1n) is 6.60. The van der Waals surface area contributed by atoms with Gasteiger partial charge in [0.2, 0.25) is 0 Å². The fraction of sp³-hybridized carbons (Fsp3) is 0.714. The largest absolute Gasteiger partial charge is 0.463 e. The van der Waals surface area contributed by atoms with E-state index in [0.29, 0.717) is 11.8 Å². The van der Waals surface area contributed by atoms with Gasteiger partial charge in [-0.05, 0) is 37.2 Å². The Kier molecular flexibility index (Phi) is 4.17. The molecule has 0 aromatic carbocycles. The summed E-state index contributed by atoms with van der Waals surface area (Å²) in [6.45, 7) is 3.24. The van der Waals surface area contributed by atoms with E-state index in [-0.39, 0.29) is 30.7 Å². The maximum absolute atomic E-state index is 11.9. The van der Waals surface area contributed by atoms with E-state index in [4.69, 9.17) is 4.74 Å². The zero-order valence-corrected chi connectivity index (χ0v) is 10.5. The monoisotopic (exact) mass is 252 g/mol. The highest BCUT2D eigenvalue weighted by atomic mass is 16.5. The van der Waals surface area contributed by atoms with E-state index in [1.807, 2.05) is 0 Å². The minimum Gasteiger partial charge on any atom is -0.463 e. The Hall–Kier alpha value is -1.16. The zero-order chi connectivity index (χ0) is 13.1. The van der Waals surface area contributed by atoms with Gasteiger partial charge in [0.15, 0.2) is 5.78 Å². The Morgan fingerprint density at radius 2 is 2.17 bits per heavy atom. The molecule has 0 aromatic rings. The molecule has 2 aliphatic carbocycles. The van der Waals surface area contributed by atoms with Gasteiger partial charge >= 0.3 is 5.97 Å². The van der Waals surface area contributed by atoms with Crippen molar-refractivity contribution < 1.29 is 19.4 Å². The number of fused-ring (bicyclic) bond motifs is 2. The van der Waals surface area contributed by atoms with Gasteiger partial charge in [0.25, 0.3) is 0 Å². The van der Waals surface area contributed by atoms with Gasteiger partial charge in [-0.15, -0.1) is 0 Å². The molecule has 2 bridgehead atoms. The number of aliphatic hydroxyl groups excluding tert-OH is 1. The molecule has 2 aliphatic rings. The maximum atomic E-state index is 11.9. The molecule has 0 saturated heterocycles. The summed E-state index contributed by atoms with van der Waals surface area (Å²) >= 11 is 0. The molecule has 0 aromatic heterocycles. The van der Waals surface area contributed by atoms with Gasteiger partial charge in [-0.25, -0.2) is 0 Å². The van der Waals surface area contributed by atoms with Crippen LogP contribution in [-0.4, -0.2) is 29.6 Å². The third kappa shape index (κ3) is 2.99. The Bertz CT molecular complexity index is 350. The molecule has 4 atom stereocenters. The van der Waals surface area contributed by atoms with Crippen LogP contribution in [0.15, 0.2) is 12.7 Å². The van der Waals surface area contributed by atoms with Crippen molar-refractivity contribution in [1.29, 1.82) is 0 Å². The van der Waals surface area contributed by atoms with Crippen LogP contribution in [0.2, 0.25) is 0 Å². The average molecular weight is 252 g/mol. The van der Waals surface area contributed by atoms with E-state index in [0.717, 1.165) is 19.3 Å². The molecule has 4 unspecified atom stereocenters. The van der Waals surface area contributed by atoms with Crippen molar-refractivity contribution in [2.75, 3.05) is 6.61 Å². The quantitative estimate of drug-likeness (QED) is 0.574. The molecular weight excluding hydrogens is 232 g/mol. The van der Waals surface area contributed by atoms with Gasteiger partial charge in [-0.1, -0.05) is 13.0 Å². The van der Waals surface area contributed by atoms with E-state index in [1.165, 1.54) is 12.5 Å². The van der Waals surface area contributed by atoms with Crippen LogP contribution in [0.1, 0.15) is 32.1 Å². The van der Waals surface area contributed by atoms with E-state index < -0.39 is 6.10 Å². The summed E-state index contributed by atoms with van der Waals surface area (Å²) in [4.78, 5) is 22.9. The minimum absolute atomic E-state index is 0.0195. The number of hydrogen-bond acceptors (Lipinski definition) is 4. The third-order valence-corrected chi connectivity index (χ3v) is 4.12. The Balaban J connectivity index is 1.72. The van der Waals surface area contributed by atoms with Gasteiger partial charge in [0, 0.05) is 6.42 Å². The lowest BCUT2D eigenvalue weighted by Gasteiger charge is -2.20. The van der Waals surface area contributed by atoms with Gasteiger partial charge in [0.05, 0.1) is 12.0 Å². The van der Waals surface area contributed by atoms with E-state index in [9.17, 15) is 14.7 Å². The average Bonchev–Trinajstić information content (AvgIpc) is 2.97. The molecule has 2 fully saturated rings. The van der Waals surface area contributed by atoms with Crippen LogP contribution in [0, 0.1) is 17.8 Å². The lowest BCUT2D eigenvalue weighted by molar-refractivity contribution is -0.154. The number of ketones is 1. The Morgan fingerprint density at radius 3 is 2.72 bits per heavy atom. The third-order valence-electron chi connectivity index (χ3n) is 4.12. The van der Waals surface area contributed by atoms with Crippen LogP contribution in [0.4, 0.5) is 0 Å². The minimum atomic E-state index is -0.918. The Morgan fingerprint density at radius 1 is 1.39 bits per heavy atom. The molecule has 18 heavy (non-hydrogen) atoms. The number of ether oxygens (including phenoxy) is 1. The van der Waals surface area contributed by atoms with Crippen molar-refractivity contribution in [3.05, 3.63) is 12.7 Å². The molecule has 2 saturated carbocycles. The van der Waals surface area contributed by atoms with Crippen molar-refractivity contribution >= 4 is 11.8 Å². The van der Waals surface area contributed by atoms with Gasteiger partial charge in [0.1, 0.15) is 6.61 Å². The SMILES string of the molecule is C=CC(=O)CC(O)COC(=O)C1CC2CCC1C2.